The average Bonchev–Trinajstić information content (AvgIpc) is 2.71. The number of pyridine rings is 1. The molecule has 0 fully saturated rings. The number of aromatic nitrogens is 1. The van der Waals surface area contributed by atoms with Crippen molar-refractivity contribution >= 4 is 22.5 Å². The Hall–Kier alpha value is -3.46. The lowest BCUT2D eigenvalue weighted by Crippen LogP contribution is -2.17. The number of carbonyl (C=O) groups is 1. The van der Waals surface area contributed by atoms with Gasteiger partial charge in [-0.1, -0.05) is 66.2 Å². The van der Waals surface area contributed by atoms with Crippen molar-refractivity contribution in [1.29, 1.82) is 0 Å². The van der Waals surface area contributed by atoms with Gasteiger partial charge in [-0.3, -0.25) is 9.78 Å². The molecule has 1 amide bonds. The van der Waals surface area contributed by atoms with Gasteiger partial charge < -0.3 is 5.32 Å². The van der Waals surface area contributed by atoms with Crippen LogP contribution < -0.4 is 5.32 Å². The molecule has 1 aromatic heterocycles. The number of para-hydroxylation sites is 1. The summed E-state index contributed by atoms with van der Waals surface area (Å²) in [5, 5.41) is 4.14. The van der Waals surface area contributed by atoms with Crippen molar-refractivity contribution in [1.82, 2.24) is 4.98 Å². The Labute approximate surface area is 171 Å². The van der Waals surface area contributed by atoms with Crippen LogP contribution in [0.3, 0.4) is 0 Å². The van der Waals surface area contributed by atoms with Gasteiger partial charge in [0.1, 0.15) is 0 Å². The maximum Gasteiger partial charge on any atom is 0.228 e. The average molecular weight is 380 g/mol. The first kappa shape index (κ1) is 18.9. The first-order chi connectivity index (χ1) is 14.0. The monoisotopic (exact) mass is 380 g/mol. The third-order valence-corrected chi connectivity index (χ3v) is 5.26. The van der Waals surface area contributed by atoms with Crippen molar-refractivity contribution in [3.63, 3.8) is 0 Å². The highest BCUT2D eigenvalue weighted by Gasteiger charge is 2.17. The van der Waals surface area contributed by atoms with Crippen LogP contribution in [-0.2, 0) is 11.2 Å². The number of nitrogens with one attached hydrogen (secondary N) is 1. The fraction of sp³-hybridized carbons (Fsp3) is 0.154. The molecule has 4 aromatic rings. The zero-order valence-corrected chi connectivity index (χ0v) is 17.0. The van der Waals surface area contributed by atoms with Gasteiger partial charge in [-0.05, 0) is 55.2 Å². The molecule has 144 valence electrons. The first-order valence-corrected chi connectivity index (χ1v) is 9.83. The Bertz CT molecular complexity index is 1200. The van der Waals surface area contributed by atoms with E-state index in [-0.39, 0.29) is 12.3 Å². The number of fused-ring (bicyclic) bond motifs is 1. The largest absolute Gasteiger partial charge is 0.326 e. The van der Waals surface area contributed by atoms with E-state index in [1.807, 2.05) is 62.4 Å². The second kappa shape index (κ2) is 7.88. The van der Waals surface area contributed by atoms with Gasteiger partial charge in [-0.25, -0.2) is 0 Å². The van der Waals surface area contributed by atoms with Crippen LogP contribution in [0.5, 0.6) is 0 Å². The van der Waals surface area contributed by atoms with Gasteiger partial charge in [0.15, 0.2) is 0 Å². The van der Waals surface area contributed by atoms with Crippen LogP contribution in [0.25, 0.3) is 22.0 Å². The van der Waals surface area contributed by atoms with E-state index in [9.17, 15) is 4.79 Å². The number of hydrogen-bond acceptors (Lipinski definition) is 2. The van der Waals surface area contributed by atoms with Crippen LogP contribution >= 0.6 is 0 Å². The molecule has 3 aromatic carbocycles. The molecule has 3 nitrogen and oxygen atoms in total. The Morgan fingerprint density at radius 2 is 1.62 bits per heavy atom. The maximum absolute atomic E-state index is 13.0. The van der Waals surface area contributed by atoms with Crippen molar-refractivity contribution in [3.05, 3.63) is 95.2 Å². The summed E-state index contributed by atoms with van der Waals surface area (Å²) in [5.74, 6) is -0.0330. The standard InChI is InChI=1S/C26H24N2O/c1-17-13-14-23(18(2)15-17)28-25(29)16-22-19(3)27-24-12-8-7-11-21(24)26(22)20-9-5-4-6-10-20/h4-15H,16H2,1-3H3,(H,28,29). The van der Waals surface area contributed by atoms with Gasteiger partial charge >= 0.3 is 0 Å². The Morgan fingerprint density at radius 1 is 0.897 bits per heavy atom. The zero-order valence-electron chi connectivity index (χ0n) is 17.0. The fourth-order valence-electron chi connectivity index (χ4n) is 3.83. The van der Waals surface area contributed by atoms with Crippen LogP contribution in [0.1, 0.15) is 22.4 Å². The number of benzene rings is 3. The Morgan fingerprint density at radius 3 is 2.38 bits per heavy atom. The molecule has 0 atom stereocenters. The third kappa shape index (κ3) is 3.90. The second-order valence-electron chi connectivity index (χ2n) is 7.48. The van der Waals surface area contributed by atoms with Crippen LogP contribution in [0, 0.1) is 20.8 Å². The third-order valence-electron chi connectivity index (χ3n) is 5.26. The number of rotatable bonds is 4. The minimum Gasteiger partial charge on any atom is -0.326 e. The van der Waals surface area contributed by atoms with Gasteiger partial charge in [-0.15, -0.1) is 0 Å². The molecule has 0 saturated heterocycles. The lowest BCUT2D eigenvalue weighted by atomic mass is 9.92. The quantitative estimate of drug-likeness (QED) is 0.471. The minimum atomic E-state index is -0.0330. The molecular formula is C26H24N2O. The van der Waals surface area contributed by atoms with E-state index in [0.717, 1.165) is 44.5 Å². The van der Waals surface area contributed by atoms with E-state index in [1.165, 1.54) is 5.56 Å². The number of carbonyl (C=O) groups excluding carboxylic acids is 1. The van der Waals surface area contributed by atoms with E-state index in [2.05, 4.69) is 36.5 Å². The summed E-state index contributed by atoms with van der Waals surface area (Å²) in [5.41, 5.74) is 8.09. The molecule has 0 aliphatic carbocycles. The molecule has 3 heteroatoms. The van der Waals surface area contributed by atoms with Gasteiger partial charge in [0.25, 0.3) is 0 Å². The highest BCUT2D eigenvalue weighted by atomic mass is 16.1. The number of amides is 1. The maximum atomic E-state index is 13.0. The Balaban J connectivity index is 1.77. The smallest absolute Gasteiger partial charge is 0.228 e. The predicted molar refractivity (Wildman–Crippen MR) is 120 cm³/mol. The van der Waals surface area contributed by atoms with Crippen LogP contribution in [-0.4, -0.2) is 10.9 Å². The van der Waals surface area contributed by atoms with E-state index >= 15 is 0 Å². The van der Waals surface area contributed by atoms with E-state index < -0.39 is 0 Å². The predicted octanol–water partition coefficient (Wildman–Crippen LogP) is 6.01. The molecule has 0 unspecified atom stereocenters. The summed E-state index contributed by atoms with van der Waals surface area (Å²) in [6.45, 7) is 6.05. The number of nitrogens with zero attached hydrogens (tertiary/aromatic N) is 1. The molecule has 1 heterocycles. The molecule has 4 rings (SSSR count). The van der Waals surface area contributed by atoms with E-state index in [1.54, 1.807) is 0 Å². The Kier molecular flexibility index (Phi) is 5.13. The minimum absolute atomic E-state index is 0.0330. The van der Waals surface area contributed by atoms with Crippen molar-refractivity contribution in [2.45, 2.75) is 27.2 Å². The molecule has 0 aliphatic heterocycles. The van der Waals surface area contributed by atoms with Crippen LogP contribution in [0.4, 0.5) is 5.69 Å². The van der Waals surface area contributed by atoms with Crippen LogP contribution in [0.2, 0.25) is 0 Å². The van der Waals surface area contributed by atoms with Crippen LogP contribution in [0.15, 0.2) is 72.8 Å². The summed E-state index contributed by atoms with van der Waals surface area (Å²) in [4.78, 5) is 17.7. The van der Waals surface area contributed by atoms with Crippen molar-refractivity contribution in [2.24, 2.45) is 0 Å². The lowest BCUT2D eigenvalue weighted by molar-refractivity contribution is -0.115. The molecule has 29 heavy (non-hydrogen) atoms. The SMILES string of the molecule is Cc1ccc(NC(=O)Cc2c(C)nc3ccccc3c2-c2ccccc2)c(C)c1. The highest BCUT2D eigenvalue weighted by Crippen LogP contribution is 2.33. The summed E-state index contributed by atoms with van der Waals surface area (Å²) in [7, 11) is 0. The zero-order chi connectivity index (χ0) is 20.4. The van der Waals surface area contributed by atoms with Gasteiger partial charge in [-0.2, -0.15) is 0 Å². The van der Waals surface area contributed by atoms with Crippen molar-refractivity contribution < 1.29 is 4.79 Å². The number of anilines is 1. The first-order valence-electron chi connectivity index (χ1n) is 9.83. The van der Waals surface area contributed by atoms with E-state index in [4.69, 9.17) is 4.98 Å². The topological polar surface area (TPSA) is 42.0 Å². The molecule has 0 spiro atoms. The molecule has 1 N–H and O–H groups in total. The van der Waals surface area contributed by atoms with Gasteiger partial charge in [0.2, 0.25) is 5.91 Å². The summed E-state index contributed by atoms with van der Waals surface area (Å²) < 4.78 is 0. The molecular weight excluding hydrogens is 356 g/mol. The second-order valence-corrected chi connectivity index (χ2v) is 7.48. The molecule has 0 bridgehead atoms. The fourth-order valence-corrected chi connectivity index (χ4v) is 3.83. The van der Waals surface area contributed by atoms with Crippen molar-refractivity contribution in [3.8, 4) is 11.1 Å². The van der Waals surface area contributed by atoms with Gasteiger partial charge in [0, 0.05) is 16.8 Å². The van der Waals surface area contributed by atoms with Crippen molar-refractivity contribution in [2.75, 3.05) is 5.32 Å². The molecule has 0 saturated carbocycles. The highest BCUT2D eigenvalue weighted by molar-refractivity contribution is 6.00. The summed E-state index contributed by atoms with van der Waals surface area (Å²) in [6.07, 6.45) is 0.279. The number of hydrogen-bond donors (Lipinski definition) is 1. The number of aryl methyl sites for hydroxylation is 3. The summed E-state index contributed by atoms with van der Waals surface area (Å²) in [6, 6.07) is 24.4. The normalized spacial score (nSPS) is 10.9. The lowest BCUT2D eigenvalue weighted by Gasteiger charge is -2.16. The molecule has 0 radical (unpaired) electrons. The molecule has 0 aliphatic rings. The summed E-state index contributed by atoms with van der Waals surface area (Å²) >= 11 is 0. The van der Waals surface area contributed by atoms with Gasteiger partial charge in [0.05, 0.1) is 11.9 Å². The van der Waals surface area contributed by atoms with E-state index in [0.29, 0.717) is 0 Å².